The maximum Gasteiger partial charge on any atom is 0.305 e. The average Bonchev–Trinajstić information content (AvgIpc) is 2.67. The number of aliphatic carboxylic acids is 1. The lowest BCUT2D eigenvalue weighted by molar-refractivity contribution is -0.138. The highest BCUT2D eigenvalue weighted by atomic mass is 32.2. The van der Waals surface area contributed by atoms with Crippen molar-refractivity contribution >= 4 is 23.6 Å². The number of carboxylic acids is 1. The van der Waals surface area contributed by atoms with Gasteiger partial charge in [0.25, 0.3) is 0 Å². The Morgan fingerprint density at radius 2 is 1.61 bits per heavy atom. The topological polar surface area (TPSA) is 139 Å². The Bertz CT molecular complexity index is 403. The van der Waals surface area contributed by atoms with Crippen molar-refractivity contribution in [3.05, 3.63) is 0 Å². The lowest BCUT2D eigenvalue weighted by atomic mass is 10.3. The molecule has 0 aromatic rings. The summed E-state index contributed by atoms with van der Waals surface area (Å²) in [7, 11) is 3.24. The van der Waals surface area contributed by atoms with Gasteiger partial charge in [-0.3, -0.25) is 9.59 Å². The summed E-state index contributed by atoms with van der Waals surface area (Å²) in [4.78, 5) is 22.2. The van der Waals surface area contributed by atoms with Gasteiger partial charge >= 0.3 is 5.97 Å². The van der Waals surface area contributed by atoms with Crippen molar-refractivity contribution < 1.29 is 38.4 Å². The Labute approximate surface area is 170 Å². The number of hydrogen-bond donors (Lipinski definition) is 3. The molecule has 0 unspecified atom stereocenters. The summed E-state index contributed by atoms with van der Waals surface area (Å²) >= 11 is 1.55. The van der Waals surface area contributed by atoms with Crippen LogP contribution in [0.1, 0.15) is 6.42 Å². The third kappa shape index (κ3) is 17.2. The van der Waals surface area contributed by atoms with E-state index in [1.807, 2.05) is 0 Å². The number of methoxy groups -OCH3 is 2. The van der Waals surface area contributed by atoms with E-state index >= 15 is 0 Å². The van der Waals surface area contributed by atoms with Crippen LogP contribution in [-0.4, -0.2) is 108 Å². The first-order valence-corrected chi connectivity index (χ1v) is 10.2. The first-order chi connectivity index (χ1) is 13.5. The smallest absolute Gasteiger partial charge is 0.305 e. The molecule has 2 atom stereocenters. The number of thioether (sulfide) groups is 1. The van der Waals surface area contributed by atoms with Crippen LogP contribution in [0.25, 0.3) is 0 Å². The van der Waals surface area contributed by atoms with Gasteiger partial charge in [0.15, 0.2) is 0 Å². The fourth-order valence-electron chi connectivity index (χ4n) is 1.85. The van der Waals surface area contributed by atoms with E-state index in [1.165, 1.54) is 0 Å². The molecule has 0 spiro atoms. The van der Waals surface area contributed by atoms with Crippen LogP contribution in [0.5, 0.6) is 0 Å². The van der Waals surface area contributed by atoms with Crippen molar-refractivity contribution in [2.75, 3.05) is 78.5 Å². The van der Waals surface area contributed by atoms with Gasteiger partial charge < -0.3 is 39.8 Å². The minimum absolute atomic E-state index is 0.0152. The zero-order chi connectivity index (χ0) is 21.0. The number of nitrogens with one attached hydrogen (secondary N) is 1. The molecule has 0 aliphatic rings. The summed E-state index contributed by atoms with van der Waals surface area (Å²) < 4.78 is 26.0. The van der Waals surface area contributed by atoms with Crippen molar-refractivity contribution in [2.45, 2.75) is 18.6 Å². The largest absolute Gasteiger partial charge is 0.481 e. The molecular weight excluding hydrogens is 392 g/mol. The number of ether oxygens (including phenoxy) is 5. The second-order valence-corrected chi connectivity index (χ2v) is 6.80. The third-order valence-electron chi connectivity index (χ3n) is 3.37. The minimum Gasteiger partial charge on any atom is -0.481 e. The maximum atomic E-state index is 11.9. The molecule has 0 aromatic heterocycles. The van der Waals surface area contributed by atoms with Crippen molar-refractivity contribution in [3.8, 4) is 0 Å². The molecule has 0 heterocycles. The SMILES string of the molecule is COC[C@H](CSC[C@H](N)C(=O)NCCOCCOCCOCCC(=O)O)OC. The van der Waals surface area contributed by atoms with Crippen LogP contribution in [0.15, 0.2) is 0 Å². The molecule has 0 bridgehead atoms. The van der Waals surface area contributed by atoms with E-state index in [2.05, 4.69) is 5.32 Å². The Hall–Kier alpha value is -0.950. The van der Waals surface area contributed by atoms with Crippen LogP contribution in [0, 0.1) is 0 Å². The summed E-state index contributed by atoms with van der Waals surface area (Å²) in [6.07, 6.45) is -0.0317. The highest BCUT2D eigenvalue weighted by molar-refractivity contribution is 7.99. The fraction of sp³-hybridized carbons (Fsp3) is 0.882. The number of carbonyl (C=O) groups is 2. The van der Waals surface area contributed by atoms with E-state index in [0.717, 1.165) is 0 Å². The third-order valence-corrected chi connectivity index (χ3v) is 4.58. The zero-order valence-electron chi connectivity index (χ0n) is 16.7. The highest BCUT2D eigenvalue weighted by Crippen LogP contribution is 2.07. The number of amides is 1. The van der Waals surface area contributed by atoms with E-state index in [4.69, 9.17) is 34.5 Å². The first-order valence-electron chi connectivity index (χ1n) is 9.09. The molecule has 0 aliphatic carbocycles. The second-order valence-electron chi connectivity index (χ2n) is 5.73. The summed E-state index contributed by atoms with van der Waals surface area (Å²) in [6.45, 7) is 2.93. The normalized spacial score (nSPS) is 13.2. The van der Waals surface area contributed by atoms with Gasteiger partial charge in [-0.2, -0.15) is 11.8 Å². The Balaban J connectivity index is 3.45. The van der Waals surface area contributed by atoms with Gasteiger partial charge in [0.1, 0.15) is 0 Å². The number of carboxylic acid groups (broad SMARTS) is 1. The van der Waals surface area contributed by atoms with Crippen LogP contribution >= 0.6 is 11.8 Å². The molecule has 11 heteroatoms. The summed E-state index contributed by atoms with van der Waals surface area (Å²) in [5, 5.41) is 11.2. The number of carbonyl (C=O) groups excluding carboxylic acids is 1. The highest BCUT2D eigenvalue weighted by Gasteiger charge is 2.14. The molecule has 0 saturated carbocycles. The van der Waals surface area contributed by atoms with Crippen molar-refractivity contribution in [1.82, 2.24) is 5.32 Å². The van der Waals surface area contributed by atoms with Crippen molar-refractivity contribution in [2.24, 2.45) is 5.73 Å². The van der Waals surface area contributed by atoms with Crippen LogP contribution < -0.4 is 11.1 Å². The number of nitrogens with two attached hydrogens (primary N) is 1. The van der Waals surface area contributed by atoms with E-state index in [-0.39, 0.29) is 25.0 Å². The van der Waals surface area contributed by atoms with Gasteiger partial charge in [-0.15, -0.1) is 0 Å². The van der Waals surface area contributed by atoms with Gasteiger partial charge in [0.2, 0.25) is 5.91 Å². The molecular formula is C17H34N2O8S. The first kappa shape index (κ1) is 27.0. The van der Waals surface area contributed by atoms with Gasteiger partial charge in [0, 0.05) is 32.3 Å². The standard InChI is InChI=1S/C17H34N2O8S/c1-23-11-14(24-2)12-28-13-15(18)17(22)19-4-6-26-8-10-27-9-7-25-5-3-16(20)21/h14-15H,3-13,18H2,1-2H3,(H,19,22)(H,20,21)/t14-,15+/m1/s1. The molecule has 10 nitrogen and oxygen atoms in total. The van der Waals surface area contributed by atoms with Gasteiger partial charge in [0.05, 0.1) is 64.8 Å². The molecule has 0 aromatic carbocycles. The molecule has 1 amide bonds. The summed E-state index contributed by atoms with van der Waals surface area (Å²) in [5.41, 5.74) is 5.86. The average molecular weight is 427 g/mol. The number of rotatable bonds is 20. The molecule has 4 N–H and O–H groups in total. The van der Waals surface area contributed by atoms with Gasteiger partial charge in [-0.25, -0.2) is 0 Å². The van der Waals surface area contributed by atoms with Gasteiger partial charge in [-0.1, -0.05) is 0 Å². The quantitative estimate of drug-likeness (QED) is 0.215. The van der Waals surface area contributed by atoms with Crippen molar-refractivity contribution in [3.63, 3.8) is 0 Å². The van der Waals surface area contributed by atoms with Crippen LogP contribution in [-0.2, 0) is 33.3 Å². The molecule has 0 radical (unpaired) electrons. The predicted octanol–water partition coefficient (Wildman–Crippen LogP) is -0.651. The predicted molar refractivity (Wildman–Crippen MR) is 106 cm³/mol. The lowest BCUT2D eigenvalue weighted by Gasteiger charge is -2.16. The molecule has 28 heavy (non-hydrogen) atoms. The van der Waals surface area contributed by atoms with Crippen LogP contribution in [0.3, 0.4) is 0 Å². The second kappa shape index (κ2) is 19.4. The lowest BCUT2D eigenvalue weighted by Crippen LogP contribution is -2.43. The van der Waals surface area contributed by atoms with Crippen molar-refractivity contribution in [1.29, 1.82) is 0 Å². The molecule has 0 aliphatic heterocycles. The van der Waals surface area contributed by atoms with Gasteiger partial charge in [-0.05, 0) is 0 Å². The van der Waals surface area contributed by atoms with E-state index in [1.54, 1.807) is 26.0 Å². The minimum atomic E-state index is -0.886. The van der Waals surface area contributed by atoms with Crippen LogP contribution in [0.2, 0.25) is 0 Å². The van der Waals surface area contributed by atoms with E-state index in [0.29, 0.717) is 57.7 Å². The molecule has 0 rings (SSSR count). The zero-order valence-corrected chi connectivity index (χ0v) is 17.5. The maximum absolute atomic E-state index is 11.9. The monoisotopic (exact) mass is 426 g/mol. The number of hydrogen-bond acceptors (Lipinski definition) is 9. The summed E-state index contributed by atoms with van der Waals surface area (Å²) in [6, 6.07) is -0.588. The molecule has 166 valence electrons. The molecule has 0 saturated heterocycles. The van der Waals surface area contributed by atoms with E-state index in [9.17, 15) is 9.59 Å². The summed E-state index contributed by atoms with van der Waals surface area (Å²) in [5.74, 6) is 0.104. The Kier molecular flexibility index (Phi) is 18.7. The Morgan fingerprint density at radius 1 is 1.00 bits per heavy atom. The molecule has 0 fully saturated rings. The van der Waals surface area contributed by atoms with E-state index < -0.39 is 12.0 Å². The van der Waals surface area contributed by atoms with Crippen LogP contribution in [0.4, 0.5) is 0 Å². The fourth-order valence-corrected chi connectivity index (χ4v) is 2.89. The Morgan fingerprint density at radius 3 is 2.18 bits per heavy atom.